The van der Waals surface area contributed by atoms with Crippen molar-refractivity contribution in [2.75, 3.05) is 27.3 Å². The van der Waals surface area contributed by atoms with Crippen molar-refractivity contribution in [3.63, 3.8) is 0 Å². The predicted octanol–water partition coefficient (Wildman–Crippen LogP) is 3.24. The van der Waals surface area contributed by atoms with Crippen LogP contribution in [0.2, 0.25) is 0 Å². The first-order valence-electron chi connectivity index (χ1n) is 9.40. The first-order valence-corrected chi connectivity index (χ1v) is 10.2. The van der Waals surface area contributed by atoms with Gasteiger partial charge in [0, 0.05) is 18.7 Å². The molecule has 1 aliphatic heterocycles. The summed E-state index contributed by atoms with van der Waals surface area (Å²) in [5.74, 6) is -0.160. The van der Waals surface area contributed by atoms with Gasteiger partial charge in [0.25, 0.3) is 11.1 Å². The molecule has 1 N–H and O–H groups in total. The van der Waals surface area contributed by atoms with Crippen LogP contribution in [0.3, 0.4) is 0 Å². The lowest BCUT2D eigenvalue weighted by Gasteiger charge is -2.13. The summed E-state index contributed by atoms with van der Waals surface area (Å²) in [4.78, 5) is 38.0. The quantitative estimate of drug-likeness (QED) is 0.630. The van der Waals surface area contributed by atoms with Gasteiger partial charge in [0.2, 0.25) is 5.91 Å². The van der Waals surface area contributed by atoms with Gasteiger partial charge in [0.15, 0.2) is 11.5 Å². The Labute approximate surface area is 183 Å². The molecular formula is C22H21FN2O5S. The molecule has 0 unspecified atom stereocenters. The first kappa shape index (κ1) is 22.4. The number of thioether (sulfide) groups is 1. The Bertz CT molecular complexity index is 1040. The number of carbonyl (C=O) groups excluding carboxylic acids is 3. The number of imide groups is 1. The van der Waals surface area contributed by atoms with E-state index in [4.69, 9.17) is 9.47 Å². The van der Waals surface area contributed by atoms with Crippen molar-refractivity contribution < 1.29 is 28.2 Å². The second-order valence-electron chi connectivity index (χ2n) is 6.57. The van der Waals surface area contributed by atoms with Crippen LogP contribution < -0.4 is 14.8 Å². The zero-order valence-electron chi connectivity index (χ0n) is 17.0. The van der Waals surface area contributed by atoms with Crippen molar-refractivity contribution in [3.8, 4) is 11.5 Å². The number of nitrogens with zero attached hydrogens (tertiary/aromatic N) is 1. The van der Waals surface area contributed by atoms with Crippen molar-refractivity contribution in [3.05, 3.63) is 64.3 Å². The molecule has 0 radical (unpaired) electrons. The van der Waals surface area contributed by atoms with Gasteiger partial charge in [0.05, 0.1) is 25.5 Å². The number of methoxy groups -OCH3 is 2. The highest BCUT2D eigenvalue weighted by molar-refractivity contribution is 8.18. The molecule has 0 saturated carbocycles. The van der Waals surface area contributed by atoms with E-state index in [2.05, 4.69) is 5.32 Å². The minimum absolute atomic E-state index is 0.0248. The smallest absolute Gasteiger partial charge is 0.293 e. The summed E-state index contributed by atoms with van der Waals surface area (Å²) >= 11 is 0.748. The molecule has 0 bridgehead atoms. The van der Waals surface area contributed by atoms with Gasteiger partial charge < -0.3 is 14.8 Å². The zero-order chi connectivity index (χ0) is 22.4. The molecule has 2 aromatic carbocycles. The molecule has 162 valence electrons. The van der Waals surface area contributed by atoms with Gasteiger partial charge in [-0.25, -0.2) is 4.39 Å². The number of amides is 3. The highest BCUT2D eigenvalue weighted by atomic mass is 32.2. The molecule has 1 fully saturated rings. The van der Waals surface area contributed by atoms with Crippen molar-refractivity contribution in [1.82, 2.24) is 10.2 Å². The molecule has 31 heavy (non-hydrogen) atoms. The van der Waals surface area contributed by atoms with Crippen molar-refractivity contribution in [2.24, 2.45) is 0 Å². The standard InChI is InChI=1S/C22H21FN2O5S/c1-29-17-8-7-14(11-18(17)30-2)12-20(26)24-9-10-25-21(27)19(31-22(25)28)13-15-5-3-4-6-16(15)23/h3-8,11,13H,9-10,12H2,1-2H3,(H,24,26)/b19-13-. The fourth-order valence-electron chi connectivity index (χ4n) is 2.97. The summed E-state index contributed by atoms with van der Waals surface area (Å²) < 4.78 is 24.2. The number of benzene rings is 2. The second-order valence-corrected chi connectivity index (χ2v) is 7.56. The molecule has 1 aliphatic rings. The topological polar surface area (TPSA) is 84.9 Å². The number of hydrogen-bond acceptors (Lipinski definition) is 6. The number of ether oxygens (including phenoxy) is 2. The molecule has 1 saturated heterocycles. The molecule has 0 aliphatic carbocycles. The minimum Gasteiger partial charge on any atom is -0.493 e. The summed E-state index contributed by atoms with van der Waals surface area (Å²) in [7, 11) is 3.04. The van der Waals surface area contributed by atoms with Crippen LogP contribution >= 0.6 is 11.8 Å². The number of carbonyl (C=O) groups is 3. The predicted molar refractivity (Wildman–Crippen MR) is 115 cm³/mol. The van der Waals surface area contributed by atoms with E-state index in [-0.39, 0.29) is 35.9 Å². The summed E-state index contributed by atoms with van der Waals surface area (Å²) in [6.07, 6.45) is 1.46. The monoisotopic (exact) mass is 444 g/mol. The van der Waals surface area contributed by atoms with E-state index in [0.29, 0.717) is 11.5 Å². The molecular weight excluding hydrogens is 423 g/mol. The van der Waals surface area contributed by atoms with E-state index in [9.17, 15) is 18.8 Å². The van der Waals surface area contributed by atoms with Crippen LogP contribution in [0.4, 0.5) is 9.18 Å². The third-order valence-corrected chi connectivity index (χ3v) is 5.44. The molecule has 0 aromatic heterocycles. The first-order chi connectivity index (χ1) is 14.9. The van der Waals surface area contributed by atoms with Crippen molar-refractivity contribution in [1.29, 1.82) is 0 Å². The molecule has 2 aromatic rings. The molecule has 1 heterocycles. The minimum atomic E-state index is -0.507. The Morgan fingerprint density at radius 3 is 2.58 bits per heavy atom. The van der Waals surface area contributed by atoms with Crippen LogP contribution in [0.5, 0.6) is 11.5 Å². The lowest BCUT2D eigenvalue weighted by atomic mass is 10.1. The third kappa shape index (κ3) is 5.43. The third-order valence-electron chi connectivity index (χ3n) is 4.54. The highest BCUT2D eigenvalue weighted by Gasteiger charge is 2.34. The maximum absolute atomic E-state index is 13.8. The molecule has 3 rings (SSSR count). The average molecular weight is 444 g/mol. The average Bonchev–Trinajstić information content (AvgIpc) is 3.02. The number of hydrogen-bond donors (Lipinski definition) is 1. The number of rotatable bonds is 8. The van der Waals surface area contributed by atoms with Crippen molar-refractivity contribution >= 4 is 34.9 Å². The van der Waals surface area contributed by atoms with Crippen LogP contribution in [0, 0.1) is 5.82 Å². The Balaban J connectivity index is 1.54. The van der Waals surface area contributed by atoms with E-state index < -0.39 is 17.0 Å². The van der Waals surface area contributed by atoms with Crippen LogP contribution in [0.25, 0.3) is 6.08 Å². The van der Waals surface area contributed by atoms with Crippen LogP contribution in [0.1, 0.15) is 11.1 Å². The largest absolute Gasteiger partial charge is 0.493 e. The Kier molecular flexibility index (Phi) is 7.30. The number of nitrogens with one attached hydrogen (secondary N) is 1. The van der Waals surface area contributed by atoms with Crippen molar-refractivity contribution in [2.45, 2.75) is 6.42 Å². The van der Waals surface area contributed by atoms with Gasteiger partial charge in [-0.1, -0.05) is 24.3 Å². The summed E-state index contributed by atoms with van der Waals surface area (Å²) in [5.41, 5.74) is 0.963. The summed E-state index contributed by atoms with van der Waals surface area (Å²) in [5, 5.41) is 2.24. The Hall–Kier alpha value is -3.33. The van der Waals surface area contributed by atoms with Crippen LogP contribution in [0.15, 0.2) is 47.4 Å². The second kappa shape index (κ2) is 10.1. The van der Waals surface area contributed by atoms with E-state index in [1.165, 1.54) is 32.4 Å². The summed E-state index contributed by atoms with van der Waals surface area (Å²) in [6.45, 7) is 0.133. The van der Waals surface area contributed by atoms with Gasteiger partial charge >= 0.3 is 0 Å². The van der Waals surface area contributed by atoms with Gasteiger partial charge in [-0.05, 0) is 41.6 Å². The lowest BCUT2D eigenvalue weighted by Crippen LogP contribution is -2.37. The van der Waals surface area contributed by atoms with Crippen LogP contribution in [-0.4, -0.2) is 49.3 Å². The molecule has 9 heteroatoms. The van der Waals surface area contributed by atoms with E-state index in [1.54, 1.807) is 30.3 Å². The molecule has 3 amide bonds. The van der Waals surface area contributed by atoms with Gasteiger partial charge in [-0.15, -0.1) is 0 Å². The SMILES string of the molecule is COc1ccc(CC(=O)NCCN2C(=O)S/C(=C\c3ccccc3F)C2=O)cc1OC. The normalized spacial score (nSPS) is 14.8. The molecule has 0 spiro atoms. The molecule has 0 atom stereocenters. The fraction of sp³-hybridized carbons (Fsp3) is 0.227. The van der Waals surface area contributed by atoms with Gasteiger partial charge in [-0.3, -0.25) is 19.3 Å². The Morgan fingerprint density at radius 1 is 1.13 bits per heavy atom. The maximum atomic E-state index is 13.8. The highest BCUT2D eigenvalue weighted by Crippen LogP contribution is 2.32. The van der Waals surface area contributed by atoms with E-state index in [1.807, 2.05) is 0 Å². The van der Waals surface area contributed by atoms with Gasteiger partial charge in [-0.2, -0.15) is 0 Å². The maximum Gasteiger partial charge on any atom is 0.293 e. The lowest BCUT2D eigenvalue weighted by molar-refractivity contribution is -0.124. The van der Waals surface area contributed by atoms with E-state index >= 15 is 0 Å². The zero-order valence-corrected chi connectivity index (χ0v) is 17.8. The summed E-state index contributed by atoms with van der Waals surface area (Å²) in [6, 6.07) is 11.2. The number of halogens is 1. The van der Waals surface area contributed by atoms with E-state index in [0.717, 1.165) is 22.2 Å². The fourth-order valence-corrected chi connectivity index (χ4v) is 3.83. The molecule has 7 nitrogen and oxygen atoms in total. The van der Waals surface area contributed by atoms with Gasteiger partial charge in [0.1, 0.15) is 5.82 Å². The Morgan fingerprint density at radius 2 is 1.87 bits per heavy atom. The van der Waals surface area contributed by atoms with Crippen LogP contribution in [-0.2, 0) is 16.0 Å².